The Hall–Kier alpha value is -6.55. The van der Waals surface area contributed by atoms with Crippen molar-refractivity contribution in [2.45, 2.75) is 88.2 Å². The van der Waals surface area contributed by atoms with Crippen molar-refractivity contribution < 1.29 is 61.8 Å². The van der Waals surface area contributed by atoms with Gasteiger partial charge < -0.3 is 47.4 Å². The van der Waals surface area contributed by atoms with Gasteiger partial charge in [-0.25, -0.2) is 14.4 Å². The Morgan fingerprint density at radius 1 is 0.426 bits per heavy atom. The van der Waals surface area contributed by atoms with E-state index in [4.69, 9.17) is 47.4 Å². The maximum atomic E-state index is 14.2. The standard InChI is InChI=1S/C55H54O13/c1-37-45(65-51(56)41-27-15-6-16-28-41)48(66-52(57)42-29-17-7-18-30-42)50(67-53(58)43-31-19-8-20-32-43)55(63-37)68-46-44(36-60-33-38-21-9-3-10-22-38)64-54(59-2)49(62-35-40-25-13-5-14-26-40)47(46)61-34-39-23-11-4-12-24-39/h3-32,37,44-50,54-55H,33-36H2,1-2H3/t37-,44-,45-,46-,47+,48+,49-,50-,54+,55+/m1/s1. The molecule has 6 aromatic rings. The zero-order valence-electron chi connectivity index (χ0n) is 37.7. The minimum atomic E-state index is -1.55. The fourth-order valence-electron chi connectivity index (χ4n) is 8.09. The molecule has 2 aliphatic rings. The monoisotopic (exact) mass is 922 g/mol. The predicted molar refractivity (Wildman–Crippen MR) is 248 cm³/mol. The molecule has 0 amide bonds. The van der Waals surface area contributed by atoms with Crippen LogP contribution in [0, 0.1) is 0 Å². The number of ether oxygens (including phenoxy) is 10. The Balaban J connectivity index is 1.19. The van der Waals surface area contributed by atoms with E-state index < -0.39 is 79.3 Å². The molecule has 6 aromatic carbocycles. The fraction of sp³-hybridized carbons (Fsp3) is 0.291. The average Bonchev–Trinajstić information content (AvgIpc) is 3.39. The summed E-state index contributed by atoms with van der Waals surface area (Å²) in [6, 6.07) is 54.0. The summed E-state index contributed by atoms with van der Waals surface area (Å²) in [4.78, 5) is 42.1. The van der Waals surface area contributed by atoms with Gasteiger partial charge >= 0.3 is 17.9 Å². The maximum Gasteiger partial charge on any atom is 0.338 e. The maximum absolute atomic E-state index is 14.2. The van der Waals surface area contributed by atoms with Crippen LogP contribution in [-0.2, 0) is 67.2 Å². The van der Waals surface area contributed by atoms with Crippen molar-refractivity contribution in [3.05, 3.63) is 215 Å². The molecule has 2 aliphatic heterocycles. The van der Waals surface area contributed by atoms with E-state index in [0.717, 1.165) is 16.7 Å². The Bertz CT molecular complexity index is 2460. The highest BCUT2D eigenvalue weighted by Gasteiger charge is 2.56. The summed E-state index contributed by atoms with van der Waals surface area (Å²) in [7, 11) is 1.52. The van der Waals surface area contributed by atoms with Crippen LogP contribution in [0.3, 0.4) is 0 Å². The van der Waals surface area contributed by atoms with Crippen LogP contribution in [0.15, 0.2) is 182 Å². The number of rotatable bonds is 19. The summed E-state index contributed by atoms with van der Waals surface area (Å²) in [6.07, 6.45) is -11.7. The second-order valence-corrected chi connectivity index (χ2v) is 16.3. The molecule has 0 spiro atoms. The first kappa shape index (κ1) is 47.9. The number of benzene rings is 6. The molecule has 0 N–H and O–H groups in total. The Labute approximate surface area is 395 Å². The molecule has 2 saturated heterocycles. The van der Waals surface area contributed by atoms with Crippen LogP contribution < -0.4 is 0 Å². The van der Waals surface area contributed by atoms with E-state index in [-0.39, 0.29) is 43.1 Å². The van der Waals surface area contributed by atoms with Crippen molar-refractivity contribution in [2.75, 3.05) is 13.7 Å². The molecule has 0 bridgehead atoms. The molecule has 10 atom stereocenters. The first-order valence-electron chi connectivity index (χ1n) is 22.5. The van der Waals surface area contributed by atoms with Crippen LogP contribution in [0.5, 0.6) is 0 Å². The minimum absolute atomic E-state index is 0.0174. The lowest BCUT2D eigenvalue weighted by atomic mass is 9.96. The van der Waals surface area contributed by atoms with Crippen LogP contribution in [0.2, 0.25) is 0 Å². The smallest absolute Gasteiger partial charge is 0.338 e. The SMILES string of the molecule is CO[C@H]1O[C@H](COCc2ccccc2)[C@@H](O[C@@H]2O[C@H](C)[C@@H](OC(=O)c3ccccc3)[C@H](OC(=O)c3ccccc3)[C@H]2OC(=O)c2ccccc2)[C@H](OCc2ccccc2)[C@H]1OCc1ccccc1. The Morgan fingerprint density at radius 3 is 1.28 bits per heavy atom. The van der Waals surface area contributed by atoms with Crippen molar-refractivity contribution in [1.82, 2.24) is 0 Å². The number of esters is 3. The summed E-state index contributed by atoms with van der Waals surface area (Å²) >= 11 is 0. The molecular weight excluding hydrogens is 869 g/mol. The van der Waals surface area contributed by atoms with Gasteiger partial charge in [0.25, 0.3) is 0 Å². The largest absolute Gasteiger partial charge is 0.452 e. The van der Waals surface area contributed by atoms with Crippen LogP contribution in [0.1, 0.15) is 54.7 Å². The van der Waals surface area contributed by atoms with Gasteiger partial charge in [-0.2, -0.15) is 0 Å². The van der Waals surface area contributed by atoms with Gasteiger partial charge in [-0.1, -0.05) is 146 Å². The van der Waals surface area contributed by atoms with Crippen molar-refractivity contribution in [1.29, 1.82) is 0 Å². The van der Waals surface area contributed by atoms with Crippen molar-refractivity contribution >= 4 is 17.9 Å². The second-order valence-electron chi connectivity index (χ2n) is 16.3. The highest BCUT2D eigenvalue weighted by Crippen LogP contribution is 2.36. The molecule has 68 heavy (non-hydrogen) atoms. The number of methoxy groups -OCH3 is 1. The van der Waals surface area contributed by atoms with Crippen molar-refractivity contribution in [3.8, 4) is 0 Å². The van der Waals surface area contributed by atoms with E-state index >= 15 is 0 Å². The lowest BCUT2D eigenvalue weighted by Gasteiger charge is -2.49. The second kappa shape index (κ2) is 23.9. The number of hydrogen-bond acceptors (Lipinski definition) is 13. The highest BCUT2D eigenvalue weighted by molar-refractivity contribution is 5.91. The van der Waals surface area contributed by atoms with Gasteiger partial charge in [-0.05, 0) is 60.0 Å². The van der Waals surface area contributed by atoms with E-state index in [1.807, 2.05) is 91.0 Å². The van der Waals surface area contributed by atoms with Gasteiger partial charge in [-0.15, -0.1) is 0 Å². The third-order valence-electron chi connectivity index (χ3n) is 11.6. The number of carbonyl (C=O) groups is 3. The molecule has 0 radical (unpaired) electrons. The van der Waals surface area contributed by atoms with E-state index in [2.05, 4.69) is 0 Å². The van der Waals surface area contributed by atoms with Crippen LogP contribution in [0.4, 0.5) is 0 Å². The topological polar surface area (TPSA) is 144 Å². The Morgan fingerprint density at radius 2 is 0.824 bits per heavy atom. The molecular formula is C55H54O13. The zero-order valence-corrected chi connectivity index (χ0v) is 37.7. The quantitative estimate of drug-likeness (QED) is 0.0566. The normalized spacial score (nSPS) is 24.6. The summed E-state index contributed by atoms with van der Waals surface area (Å²) in [5.74, 6) is -2.26. The van der Waals surface area contributed by atoms with Gasteiger partial charge in [0, 0.05) is 7.11 Å². The molecule has 2 fully saturated rings. The molecule has 0 aliphatic carbocycles. The number of hydrogen-bond donors (Lipinski definition) is 0. The molecule has 8 rings (SSSR count). The molecule has 0 unspecified atom stereocenters. The summed E-state index contributed by atoms with van der Waals surface area (Å²) in [6.45, 7) is 2.19. The third kappa shape index (κ3) is 12.5. The highest BCUT2D eigenvalue weighted by atomic mass is 16.8. The summed E-state index contributed by atoms with van der Waals surface area (Å²) < 4.78 is 65.1. The van der Waals surface area contributed by atoms with Crippen LogP contribution in [0.25, 0.3) is 0 Å². The van der Waals surface area contributed by atoms with E-state index in [1.165, 1.54) is 7.11 Å². The lowest BCUT2D eigenvalue weighted by molar-refractivity contribution is -0.363. The molecule has 13 nitrogen and oxygen atoms in total. The average molecular weight is 923 g/mol. The van der Waals surface area contributed by atoms with Gasteiger partial charge in [-0.3, -0.25) is 0 Å². The van der Waals surface area contributed by atoms with E-state index in [0.29, 0.717) is 0 Å². The molecule has 2 heterocycles. The Kier molecular flexibility index (Phi) is 16.9. The van der Waals surface area contributed by atoms with Gasteiger partial charge in [0.05, 0.1) is 49.2 Å². The molecule has 0 aromatic heterocycles. The first-order chi connectivity index (χ1) is 33.3. The molecule has 13 heteroatoms. The van der Waals surface area contributed by atoms with Crippen molar-refractivity contribution in [2.24, 2.45) is 0 Å². The van der Waals surface area contributed by atoms with Gasteiger partial charge in [0.2, 0.25) is 0 Å². The minimum Gasteiger partial charge on any atom is -0.452 e. The summed E-state index contributed by atoms with van der Waals surface area (Å²) in [5, 5.41) is 0. The third-order valence-corrected chi connectivity index (χ3v) is 11.6. The van der Waals surface area contributed by atoms with E-state index in [1.54, 1.807) is 97.9 Å². The molecule has 352 valence electrons. The lowest BCUT2D eigenvalue weighted by Crippen LogP contribution is -2.66. The van der Waals surface area contributed by atoms with E-state index in [9.17, 15) is 14.4 Å². The predicted octanol–water partition coefficient (Wildman–Crippen LogP) is 8.55. The first-order valence-corrected chi connectivity index (χ1v) is 22.5. The van der Waals surface area contributed by atoms with Gasteiger partial charge in [0.15, 0.2) is 30.9 Å². The van der Waals surface area contributed by atoms with Crippen LogP contribution in [-0.4, -0.2) is 93.0 Å². The zero-order chi connectivity index (χ0) is 47.1. The van der Waals surface area contributed by atoms with Crippen LogP contribution >= 0.6 is 0 Å². The van der Waals surface area contributed by atoms with Gasteiger partial charge in [0.1, 0.15) is 24.4 Å². The molecule has 0 saturated carbocycles. The van der Waals surface area contributed by atoms with Crippen molar-refractivity contribution in [3.63, 3.8) is 0 Å². The fourth-order valence-corrected chi connectivity index (χ4v) is 8.09. The summed E-state index contributed by atoms with van der Waals surface area (Å²) in [5.41, 5.74) is 3.35. The number of carbonyl (C=O) groups excluding carboxylic acids is 3.